The number of phenolic OH excluding ortho intramolecular Hbond substituents is 1. The van der Waals surface area contributed by atoms with E-state index in [0.29, 0.717) is 69.9 Å². The van der Waals surface area contributed by atoms with E-state index in [1.807, 2.05) is 57.2 Å². The molecular formula is C92H124N18O19S. The van der Waals surface area contributed by atoms with Gasteiger partial charge in [-0.05, 0) is 131 Å². The highest BCUT2D eigenvalue weighted by molar-refractivity contribution is 8.00. The van der Waals surface area contributed by atoms with E-state index < -0.39 is 235 Å². The molecule has 13 amide bonds. The van der Waals surface area contributed by atoms with Crippen LogP contribution in [0.3, 0.4) is 0 Å². The van der Waals surface area contributed by atoms with Gasteiger partial charge in [0, 0.05) is 148 Å². The van der Waals surface area contributed by atoms with Crippen LogP contribution in [0, 0.1) is 29.6 Å². The van der Waals surface area contributed by atoms with Crippen LogP contribution in [0.2, 0.25) is 0 Å². The number of hydrogen-bond donors (Lipinski definition) is 14. The van der Waals surface area contributed by atoms with Crippen molar-refractivity contribution in [2.75, 3.05) is 64.9 Å². The maximum Gasteiger partial charge on any atom is 0.246 e. The van der Waals surface area contributed by atoms with Gasteiger partial charge in [0.05, 0.1) is 55.7 Å². The number of likely N-dealkylation sites (N-methyl/N-ethyl adjacent to an activating group) is 2. The van der Waals surface area contributed by atoms with Crippen molar-refractivity contribution in [2.45, 2.75) is 223 Å². The fourth-order valence-electron chi connectivity index (χ4n) is 17.9. The molecule has 130 heavy (non-hydrogen) atoms. The van der Waals surface area contributed by atoms with Crippen LogP contribution in [0.1, 0.15) is 159 Å². The van der Waals surface area contributed by atoms with E-state index in [-0.39, 0.29) is 121 Å². The second-order valence-electron chi connectivity index (χ2n) is 35.0. The van der Waals surface area contributed by atoms with Crippen LogP contribution in [-0.4, -0.2) is 280 Å². The Labute approximate surface area is 758 Å². The van der Waals surface area contributed by atoms with E-state index in [4.69, 9.17) is 17.2 Å². The molecule has 37 nitrogen and oxygen atoms in total. The number of phenols is 1. The number of nitrogens with one attached hydrogen (secondary N) is 9. The number of aliphatic hydroxyl groups is 1. The number of ketones is 4. The zero-order valence-corrected chi connectivity index (χ0v) is 75.4. The summed E-state index contributed by atoms with van der Waals surface area (Å²) in [7, 11) is 2.67. The zero-order chi connectivity index (χ0) is 94.2. The number of imidazole rings is 1. The molecule has 14 atom stereocenters. The third-order valence-electron chi connectivity index (χ3n) is 25.1. The Kier molecular flexibility index (Phi) is 36.4. The lowest BCUT2D eigenvalue weighted by atomic mass is 9.83. The van der Waals surface area contributed by atoms with Crippen LogP contribution in [0.5, 0.6) is 5.75 Å². The number of benzene rings is 3. The SMILES string of the molecule is CCCC[C@H]1C(=O)N2CCC[C@@H]2C(=O)C[C@@H](CCCN)C(=O)N[C@H](C(=O)NCC(N)=O)CSCC(=O)N[C@@H](Cc2ccc(O)cc2)C(=O)N(C)[C@@H](C)C(=O)N[C@@H](CC(N)=O)C(=O)N2CCC[C@H]2C(=O)C[C@@H](Cc2cnc[nH]2)C(=O)C[C@@H](CC(C)C)C(=O)N2CCC[C@H]2C(=O)N[C@@H](Cc2c[nH]c3ccccc23)C(=O)C[C@@H](CO)C(=O)N[C@@H](Cc2c[nH]c3ccccc23)C(=O)N1C. The largest absolute Gasteiger partial charge is 0.508 e. The zero-order valence-electron chi connectivity index (χ0n) is 74.6. The maximum atomic E-state index is 15.7. The molecule has 0 aliphatic carbocycles. The molecule has 0 bridgehead atoms. The molecule has 4 aliphatic rings. The molecule has 702 valence electrons. The van der Waals surface area contributed by atoms with Crippen molar-refractivity contribution in [2.24, 2.45) is 46.8 Å². The number of rotatable bonds is 22. The first kappa shape index (κ1) is 100.0. The number of carbonyl (C=O) groups excluding carboxylic acids is 17. The second kappa shape index (κ2) is 47.4. The van der Waals surface area contributed by atoms with Crippen LogP contribution in [0.25, 0.3) is 21.8 Å². The molecule has 7 heterocycles. The van der Waals surface area contributed by atoms with Gasteiger partial charge in [0.15, 0.2) is 17.3 Å². The van der Waals surface area contributed by atoms with E-state index in [1.54, 1.807) is 24.5 Å². The Bertz CT molecular complexity index is 5060. The minimum atomic E-state index is -1.71. The third kappa shape index (κ3) is 26.5. The summed E-state index contributed by atoms with van der Waals surface area (Å²) in [5.74, 6) is -19.1. The van der Waals surface area contributed by atoms with E-state index in [1.165, 1.54) is 77.4 Å². The number of hydrogen-bond acceptors (Lipinski definition) is 22. The van der Waals surface area contributed by atoms with Gasteiger partial charge < -0.3 is 98.8 Å². The normalized spacial score (nSPS) is 25.4. The highest BCUT2D eigenvalue weighted by atomic mass is 32.2. The first-order valence-corrected chi connectivity index (χ1v) is 46.0. The van der Waals surface area contributed by atoms with E-state index in [2.05, 4.69) is 51.8 Å². The molecule has 3 aromatic carbocycles. The minimum absolute atomic E-state index is 0.00708. The molecule has 6 aromatic rings. The highest BCUT2D eigenvalue weighted by Crippen LogP contribution is 2.33. The fourth-order valence-corrected chi connectivity index (χ4v) is 18.8. The van der Waals surface area contributed by atoms with Gasteiger partial charge in [-0.2, -0.15) is 0 Å². The van der Waals surface area contributed by atoms with E-state index in [9.17, 15) is 48.6 Å². The van der Waals surface area contributed by atoms with Gasteiger partial charge in [0.25, 0.3) is 0 Å². The van der Waals surface area contributed by atoms with Crippen LogP contribution in [0.4, 0.5) is 0 Å². The number of thioether (sulfide) groups is 1. The first-order valence-electron chi connectivity index (χ1n) is 44.8. The van der Waals surface area contributed by atoms with Crippen molar-refractivity contribution in [1.82, 2.24) is 76.3 Å². The molecule has 38 heteroatoms. The number of aromatic nitrogens is 4. The Morgan fingerprint density at radius 2 is 1.10 bits per heavy atom. The van der Waals surface area contributed by atoms with Crippen LogP contribution in [-0.2, 0) is 107 Å². The topological polar surface area (TPSA) is 557 Å². The first-order chi connectivity index (χ1) is 62.2. The van der Waals surface area contributed by atoms with Crippen molar-refractivity contribution in [1.29, 1.82) is 0 Å². The number of unbranched alkanes of at least 4 members (excludes halogenated alkanes) is 1. The molecule has 4 fully saturated rings. The molecule has 0 unspecified atom stereocenters. The Hall–Kier alpha value is -12.2. The van der Waals surface area contributed by atoms with Crippen LogP contribution in [0.15, 0.2) is 97.7 Å². The molecule has 4 aliphatic heterocycles. The summed E-state index contributed by atoms with van der Waals surface area (Å²) in [5, 5.41) is 39.0. The molecule has 17 N–H and O–H groups in total. The number of primary amides is 2. The smallest absolute Gasteiger partial charge is 0.246 e. The Morgan fingerprint density at radius 3 is 1.68 bits per heavy atom. The van der Waals surface area contributed by atoms with Gasteiger partial charge in [-0.25, -0.2) is 4.98 Å². The third-order valence-corrected chi connectivity index (χ3v) is 26.2. The van der Waals surface area contributed by atoms with Gasteiger partial charge in [-0.1, -0.05) is 82.1 Å². The monoisotopic (exact) mass is 1820 g/mol. The summed E-state index contributed by atoms with van der Waals surface area (Å²) in [5.41, 5.74) is 20.7. The van der Waals surface area contributed by atoms with Gasteiger partial charge in [-0.15, -0.1) is 11.8 Å². The summed E-state index contributed by atoms with van der Waals surface area (Å²) in [4.78, 5) is 270. The molecule has 0 saturated carbocycles. The average molecular weight is 1820 g/mol. The highest BCUT2D eigenvalue weighted by Gasteiger charge is 2.47. The molecule has 0 radical (unpaired) electrons. The molecule has 10 rings (SSSR count). The summed E-state index contributed by atoms with van der Waals surface area (Å²) < 4.78 is 0. The predicted octanol–water partition coefficient (Wildman–Crippen LogP) is 1.91. The van der Waals surface area contributed by atoms with Crippen molar-refractivity contribution < 1.29 is 91.7 Å². The Balaban J connectivity index is 0.993. The Morgan fingerprint density at radius 1 is 0.554 bits per heavy atom. The number of nitrogens with zero attached hydrogens (tertiary/aromatic N) is 6. The number of fused-ring (bicyclic) bond motifs is 5. The fraction of sp³-hybridized carbons (Fsp3) is 0.543. The summed E-state index contributed by atoms with van der Waals surface area (Å²) >= 11 is 0.820. The minimum Gasteiger partial charge on any atom is -0.508 e. The molecule has 4 saturated heterocycles. The summed E-state index contributed by atoms with van der Waals surface area (Å²) in [6.45, 7) is 5.50. The lowest BCUT2D eigenvalue weighted by molar-refractivity contribution is -0.149. The summed E-state index contributed by atoms with van der Waals surface area (Å²) in [6, 6.07) is 6.37. The van der Waals surface area contributed by atoms with Crippen molar-refractivity contribution in [3.8, 4) is 5.75 Å². The van der Waals surface area contributed by atoms with E-state index in [0.717, 1.165) is 16.7 Å². The van der Waals surface area contributed by atoms with Crippen LogP contribution >= 0.6 is 11.8 Å². The van der Waals surface area contributed by atoms with Crippen LogP contribution < -0.4 is 49.1 Å². The van der Waals surface area contributed by atoms with Crippen molar-refractivity contribution in [3.05, 3.63) is 120 Å². The number of Topliss-reactive ketones (excluding diaryl/α,β-unsaturated/α-hetero) is 4. The lowest BCUT2D eigenvalue weighted by Crippen LogP contribution is -2.58. The quantitative estimate of drug-likeness (QED) is 0.0461. The van der Waals surface area contributed by atoms with Gasteiger partial charge in [0.1, 0.15) is 53.8 Å². The standard InChI is InChI=1S/C92H124N18O19S/c1-7-8-22-75-92(129)109-32-15-24-73(109)78(115)39-55(17-13-30-93)84(121)105-71(86(123)99-47-81(95)118)49-130-50-82(119)101-68(35-54-26-28-62(112)29-27-54)89(126)106(5)53(4)83(120)103-70(43-80(94)117)91(128)108-31-14-23-72(108)79(116)40-56(36-61-46-96-51-100-61)76(113)41-57(34-52(2)3)88(125)110-33-16-25-74(110)87(124)102-67(37-58-44-97-65-20-11-9-18-63(58)65)77(114)42-60(48-111)85(122)104-69(90(127)107(75)6)38-59-45-98-66-21-12-10-19-64(59)66/h9-12,18-21,26-29,44-46,51-53,55-57,60,67-75,97-98,111-112H,7-8,13-17,22-25,30-43,47-50,93H2,1-6H3,(H2,94,117)(H2,95,118)(H,96,100)(H,99,123)(H,101,119)(H,102,124)(H,103,120)(H,104,122)(H,105,121)/t53-,55+,56+,57+,60-,67-,68-,69-,70-,71-,72-,73+,74-,75-/m0/s1. The number of aliphatic hydroxyl groups excluding tert-OH is 1. The maximum absolute atomic E-state index is 15.7. The van der Waals surface area contributed by atoms with Gasteiger partial charge in [0.2, 0.25) is 76.8 Å². The van der Waals surface area contributed by atoms with Crippen molar-refractivity contribution >= 4 is 133 Å². The lowest BCUT2D eigenvalue weighted by Gasteiger charge is -2.35. The van der Waals surface area contributed by atoms with E-state index >= 15 is 43.2 Å². The number of carbonyl (C=O) groups is 17. The number of H-pyrrole nitrogens is 3. The molecular weight excluding hydrogens is 1690 g/mol. The number of nitrogens with two attached hydrogens (primary N) is 3. The molecule has 3 aromatic heterocycles. The van der Waals surface area contributed by atoms with Gasteiger partial charge >= 0.3 is 0 Å². The average Bonchev–Trinajstić information content (AvgIpc) is 1.55. The number of aromatic amines is 3. The molecule has 0 spiro atoms. The van der Waals surface area contributed by atoms with Gasteiger partial charge in [-0.3, -0.25) is 81.5 Å². The number of aromatic hydroxyl groups is 1. The second-order valence-corrected chi connectivity index (χ2v) is 36.1. The summed E-state index contributed by atoms with van der Waals surface area (Å²) in [6.07, 6.45) is 5.59. The number of para-hydroxylation sites is 2. The number of amides is 13. The predicted molar refractivity (Wildman–Crippen MR) is 481 cm³/mol. The van der Waals surface area contributed by atoms with Crippen molar-refractivity contribution in [3.63, 3.8) is 0 Å².